The third-order valence-electron chi connectivity index (χ3n) is 4.11. The SMILES string of the molecule is CN1CCN=C1c1ccc(C2CC(C(=O)O)CN2)cc1. The van der Waals surface area contributed by atoms with Gasteiger partial charge in [-0.05, 0) is 12.0 Å². The molecule has 106 valence electrons. The van der Waals surface area contributed by atoms with Crippen molar-refractivity contribution in [2.24, 2.45) is 10.9 Å². The zero-order valence-electron chi connectivity index (χ0n) is 11.5. The molecular formula is C15H19N3O2. The van der Waals surface area contributed by atoms with Crippen LogP contribution in [0.15, 0.2) is 29.3 Å². The van der Waals surface area contributed by atoms with Gasteiger partial charge in [-0.1, -0.05) is 24.3 Å². The van der Waals surface area contributed by atoms with Crippen LogP contribution < -0.4 is 5.32 Å². The number of aliphatic carboxylic acids is 1. The molecule has 20 heavy (non-hydrogen) atoms. The van der Waals surface area contributed by atoms with Gasteiger partial charge >= 0.3 is 5.97 Å². The van der Waals surface area contributed by atoms with E-state index in [1.165, 1.54) is 0 Å². The van der Waals surface area contributed by atoms with E-state index >= 15 is 0 Å². The number of likely N-dealkylation sites (N-methyl/N-ethyl adjacent to an activating group) is 1. The van der Waals surface area contributed by atoms with Crippen LogP contribution in [0.2, 0.25) is 0 Å². The summed E-state index contributed by atoms with van der Waals surface area (Å²) in [6.07, 6.45) is 0.662. The van der Waals surface area contributed by atoms with E-state index in [-0.39, 0.29) is 12.0 Å². The van der Waals surface area contributed by atoms with E-state index in [4.69, 9.17) is 5.11 Å². The minimum atomic E-state index is -0.710. The van der Waals surface area contributed by atoms with E-state index in [0.29, 0.717) is 13.0 Å². The van der Waals surface area contributed by atoms with E-state index in [9.17, 15) is 4.79 Å². The normalized spacial score (nSPS) is 25.9. The Kier molecular flexibility index (Phi) is 3.44. The Bertz CT molecular complexity index is 539. The van der Waals surface area contributed by atoms with Crippen molar-refractivity contribution in [3.05, 3.63) is 35.4 Å². The van der Waals surface area contributed by atoms with Crippen molar-refractivity contribution < 1.29 is 9.90 Å². The molecular weight excluding hydrogens is 254 g/mol. The first kappa shape index (κ1) is 13.1. The third-order valence-corrected chi connectivity index (χ3v) is 4.11. The third kappa shape index (κ3) is 2.41. The Hall–Kier alpha value is -1.88. The predicted molar refractivity (Wildman–Crippen MR) is 77.0 cm³/mol. The number of nitrogens with one attached hydrogen (secondary N) is 1. The van der Waals surface area contributed by atoms with E-state index in [1.54, 1.807) is 0 Å². The number of aliphatic imine (C=N–C) groups is 1. The zero-order chi connectivity index (χ0) is 14.1. The minimum Gasteiger partial charge on any atom is -0.481 e. The topological polar surface area (TPSA) is 64.9 Å². The lowest BCUT2D eigenvalue weighted by Gasteiger charge is -2.15. The van der Waals surface area contributed by atoms with Crippen molar-refractivity contribution in [1.82, 2.24) is 10.2 Å². The van der Waals surface area contributed by atoms with Crippen LogP contribution in [0.5, 0.6) is 0 Å². The van der Waals surface area contributed by atoms with Crippen LogP contribution in [0.1, 0.15) is 23.6 Å². The number of hydrogen-bond donors (Lipinski definition) is 2. The Morgan fingerprint density at radius 2 is 2.15 bits per heavy atom. The first-order chi connectivity index (χ1) is 9.65. The molecule has 1 fully saturated rings. The van der Waals surface area contributed by atoms with Gasteiger partial charge in [0.15, 0.2) is 0 Å². The van der Waals surface area contributed by atoms with Crippen LogP contribution in [0.25, 0.3) is 0 Å². The molecule has 2 N–H and O–H groups in total. The molecule has 0 saturated carbocycles. The molecule has 2 aliphatic heterocycles. The molecule has 0 aliphatic carbocycles. The fourth-order valence-electron chi connectivity index (χ4n) is 2.89. The molecule has 1 aromatic carbocycles. The van der Waals surface area contributed by atoms with Crippen LogP contribution in [0.4, 0.5) is 0 Å². The second-order valence-corrected chi connectivity index (χ2v) is 5.48. The van der Waals surface area contributed by atoms with Crippen molar-refractivity contribution >= 4 is 11.8 Å². The second kappa shape index (κ2) is 5.25. The number of carboxylic acid groups (broad SMARTS) is 1. The molecule has 5 nitrogen and oxygen atoms in total. The number of hydrogen-bond acceptors (Lipinski definition) is 4. The van der Waals surface area contributed by atoms with Gasteiger partial charge in [0.05, 0.1) is 12.5 Å². The van der Waals surface area contributed by atoms with Crippen LogP contribution in [0.3, 0.4) is 0 Å². The van der Waals surface area contributed by atoms with Gasteiger partial charge in [-0.3, -0.25) is 9.79 Å². The van der Waals surface area contributed by atoms with Gasteiger partial charge in [0.1, 0.15) is 5.84 Å². The maximum absolute atomic E-state index is 11.0. The van der Waals surface area contributed by atoms with Gasteiger partial charge in [0.2, 0.25) is 0 Å². The summed E-state index contributed by atoms with van der Waals surface area (Å²) >= 11 is 0. The molecule has 0 spiro atoms. The van der Waals surface area contributed by atoms with Gasteiger partial charge in [-0.25, -0.2) is 0 Å². The first-order valence-corrected chi connectivity index (χ1v) is 6.97. The molecule has 0 amide bonds. The second-order valence-electron chi connectivity index (χ2n) is 5.48. The first-order valence-electron chi connectivity index (χ1n) is 6.97. The average molecular weight is 273 g/mol. The molecule has 2 atom stereocenters. The van der Waals surface area contributed by atoms with E-state index in [2.05, 4.69) is 46.5 Å². The van der Waals surface area contributed by atoms with Crippen LogP contribution >= 0.6 is 0 Å². The van der Waals surface area contributed by atoms with Gasteiger partial charge in [-0.2, -0.15) is 0 Å². The standard InChI is InChI=1S/C15H19N3O2/c1-18-7-6-16-14(18)11-4-2-10(3-5-11)13-8-12(9-17-13)15(19)20/h2-5,12-13,17H,6-9H2,1H3,(H,19,20). The summed E-state index contributed by atoms with van der Waals surface area (Å²) in [6.45, 7) is 2.39. The highest BCUT2D eigenvalue weighted by Crippen LogP contribution is 2.27. The molecule has 2 aliphatic rings. The van der Waals surface area contributed by atoms with E-state index < -0.39 is 5.97 Å². The zero-order valence-corrected chi connectivity index (χ0v) is 11.5. The van der Waals surface area contributed by atoms with Gasteiger partial charge in [0, 0.05) is 31.7 Å². The summed E-state index contributed by atoms with van der Waals surface area (Å²) in [5, 5.41) is 12.3. The molecule has 2 unspecified atom stereocenters. The highest BCUT2D eigenvalue weighted by atomic mass is 16.4. The van der Waals surface area contributed by atoms with E-state index in [1.807, 2.05) is 0 Å². The monoisotopic (exact) mass is 273 g/mol. The number of carboxylic acids is 1. The minimum absolute atomic E-state index is 0.147. The number of carbonyl (C=O) groups is 1. The molecule has 0 aromatic heterocycles. The number of rotatable bonds is 3. The number of nitrogens with zero attached hydrogens (tertiary/aromatic N) is 2. The smallest absolute Gasteiger partial charge is 0.307 e. The summed E-state index contributed by atoms with van der Waals surface area (Å²) in [7, 11) is 2.05. The number of benzene rings is 1. The highest BCUT2D eigenvalue weighted by molar-refractivity contribution is 5.99. The quantitative estimate of drug-likeness (QED) is 0.866. The van der Waals surface area contributed by atoms with Crippen molar-refractivity contribution in [3.63, 3.8) is 0 Å². The summed E-state index contributed by atoms with van der Waals surface area (Å²) in [6, 6.07) is 8.45. The summed E-state index contributed by atoms with van der Waals surface area (Å²) in [5.41, 5.74) is 2.28. The van der Waals surface area contributed by atoms with Crippen molar-refractivity contribution in [2.45, 2.75) is 12.5 Å². The van der Waals surface area contributed by atoms with Gasteiger partial charge in [-0.15, -0.1) is 0 Å². The number of amidine groups is 1. The largest absolute Gasteiger partial charge is 0.481 e. The molecule has 2 heterocycles. The fourth-order valence-corrected chi connectivity index (χ4v) is 2.89. The highest BCUT2D eigenvalue weighted by Gasteiger charge is 2.30. The molecule has 0 bridgehead atoms. The van der Waals surface area contributed by atoms with Crippen molar-refractivity contribution in [1.29, 1.82) is 0 Å². The summed E-state index contributed by atoms with van der Waals surface area (Å²) in [4.78, 5) is 17.6. The van der Waals surface area contributed by atoms with Crippen molar-refractivity contribution in [3.8, 4) is 0 Å². The van der Waals surface area contributed by atoms with Gasteiger partial charge in [0.25, 0.3) is 0 Å². The van der Waals surface area contributed by atoms with Crippen LogP contribution in [0, 0.1) is 5.92 Å². The van der Waals surface area contributed by atoms with Crippen molar-refractivity contribution in [2.75, 3.05) is 26.7 Å². The Balaban J connectivity index is 1.72. The Morgan fingerprint density at radius 1 is 1.40 bits per heavy atom. The lowest BCUT2D eigenvalue weighted by molar-refractivity contribution is -0.141. The molecule has 3 rings (SSSR count). The molecule has 1 saturated heterocycles. The van der Waals surface area contributed by atoms with Crippen LogP contribution in [-0.4, -0.2) is 48.5 Å². The summed E-state index contributed by atoms with van der Waals surface area (Å²) in [5.74, 6) is 0.0583. The fraction of sp³-hybridized carbons (Fsp3) is 0.467. The van der Waals surface area contributed by atoms with Gasteiger partial charge < -0.3 is 15.3 Å². The maximum Gasteiger partial charge on any atom is 0.307 e. The van der Waals surface area contributed by atoms with Crippen LogP contribution in [-0.2, 0) is 4.79 Å². The Labute approximate surface area is 118 Å². The molecule has 5 heteroatoms. The molecule has 0 radical (unpaired) electrons. The predicted octanol–water partition coefficient (Wildman–Crippen LogP) is 1.11. The maximum atomic E-state index is 11.0. The molecule has 1 aromatic rings. The lowest BCUT2D eigenvalue weighted by Crippen LogP contribution is -2.23. The summed E-state index contributed by atoms with van der Waals surface area (Å²) < 4.78 is 0. The lowest BCUT2D eigenvalue weighted by atomic mass is 9.99. The van der Waals surface area contributed by atoms with E-state index in [0.717, 1.165) is 30.1 Å². The Morgan fingerprint density at radius 3 is 2.70 bits per heavy atom. The average Bonchev–Trinajstić information content (AvgIpc) is 3.07.